The molecule has 0 spiro atoms. The highest BCUT2D eigenvalue weighted by atomic mass is 19.2. The van der Waals surface area contributed by atoms with Crippen LogP contribution in [0.2, 0.25) is 0 Å². The van der Waals surface area contributed by atoms with E-state index >= 15 is 0 Å². The van der Waals surface area contributed by atoms with Crippen LogP contribution in [0.5, 0.6) is 0 Å². The first-order valence-corrected chi connectivity index (χ1v) is 6.56. The van der Waals surface area contributed by atoms with Gasteiger partial charge in [-0.15, -0.1) is 0 Å². The van der Waals surface area contributed by atoms with Crippen LogP contribution in [-0.2, 0) is 9.53 Å². The number of hydrogen-bond donors (Lipinski definition) is 2. The number of rotatable bonds is 6. The zero-order valence-electron chi connectivity index (χ0n) is 11.9. The van der Waals surface area contributed by atoms with Gasteiger partial charge in [0.1, 0.15) is 0 Å². The molecule has 1 atom stereocenters. The lowest BCUT2D eigenvalue weighted by Gasteiger charge is -2.13. The Labute approximate surface area is 121 Å². The number of carbonyl (C=O) groups excluding carboxylic acids is 2. The Hall–Kier alpha value is -2.18. The molecule has 21 heavy (non-hydrogen) atoms. The first-order chi connectivity index (χ1) is 9.85. The molecule has 3 N–H and O–H groups in total. The van der Waals surface area contributed by atoms with Crippen LogP contribution in [0.3, 0.4) is 0 Å². The van der Waals surface area contributed by atoms with E-state index in [9.17, 15) is 18.4 Å². The van der Waals surface area contributed by atoms with Gasteiger partial charge in [0.15, 0.2) is 18.2 Å². The first-order valence-electron chi connectivity index (χ1n) is 6.56. The summed E-state index contributed by atoms with van der Waals surface area (Å²) in [5.41, 5.74) is 4.84. The van der Waals surface area contributed by atoms with E-state index in [2.05, 4.69) is 5.32 Å². The van der Waals surface area contributed by atoms with E-state index in [1.165, 1.54) is 0 Å². The van der Waals surface area contributed by atoms with Gasteiger partial charge in [0.2, 0.25) is 0 Å². The fraction of sp³-hybridized carbons (Fsp3) is 0.429. The molecule has 5 nitrogen and oxygen atoms in total. The molecule has 7 heteroatoms. The molecule has 1 aromatic rings. The number of halogens is 2. The van der Waals surface area contributed by atoms with Crippen molar-refractivity contribution >= 4 is 17.6 Å². The normalized spacial score (nSPS) is 11.8. The summed E-state index contributed by atoms with van der Waals surface area (Å²) in [5, 5.41) is 2.64. The van der Waals surface area contributed by atoms with Crippen molar-refractivity contribution in [1.29, 1.82) is 0 Å². The van der Waals surface area contributed by atoms with Gasteiger partial charge in [-0.3, -0.25) is 4.79 Å². The second kappa shape index (κ2) is 7.56. The summed E-state index contributed by atoms with van der Waals surface area (Å²) < 4.78 is 30.7. The Morgan fingerprint density at radius 2 is 1.95 bits per heavy atom. The van der Waals surface area contributed by atoms with Crippen LogP contribution in [0.15, 0.2) is 12.1 Å². The van der Waals surface area contributed by atoms with Crippen LogP contribution in [0, 0.1) is 11.6 Å². The molecule has 0 saturated heterocycles. The molecule has 1 rings (SSSR count). The summed E-state index contributed by atoms with van der Waals surface area (Å²) in [6, 6.07) is 1.30. The number of ether oxygens (including phenoxy) is 1. The number of nitrogen functional groups attached to an aromatic ring is 1. The fourth-order valence-corrected chi connectivity index (χ4v) is 1.77. The molecule has 0 aliphatic carbocycles. The summed E-state index contributed by atoms with van der Waals surface area (Å²) >= 11 is 0. The van der Waals surface area contributed by atoms with Crippen molar-refractivity contribution in [3.63, 3.8) is 0 Å². The van der Waals surface area contributed by atoms with Crippen LogP contribution in [-0.4, -0.2) is 24.5 Å². The fourth-order valence-electron chi connectivity index (χ4n) is 1.77. The van der Waals surface area contributed by atoms with Crippen LogP contribution in [0.4, 0.5) is 14.5 Å². The topological polar surface area (TPSA) is 81.4 Å². The maximum absolute atomic E-state index is 13.1. The molecule has 0 saturated carbocycles. The summed E-state index contributed by atoms with van der Waals surface area (Å²) in [6.45, 7) is 3.30. The standard InChI is InChI=1S/C14H18F2N2O3/c1-3-4-8(2)18-13(19)7-21-14(20)9-5-10(15)11(16)6-12(9)17/h5-6,8H,3-4,7,17H2,1-2H3,(H,18,19). The molecule has 0 aromatic heterocycles. The van der Waals surface area contributed by atoms with Crippen molar-refractivity contribution in [2.45, 2.75) is 32.7 Å². The third kappa shape index (κ3) is 5.02. The minimum atomic E-state index is -1.21. The zero-order valence-corrected chi connectivity index (χ0v) is 11.9. The number of nitrogens with two attached hydrogens (primary N) is 1. The van der Waals surface area contributed by atoms with Gasteiger partial charge in [0.05, 0.1) is 5.56 Å². The maximum Gasteiger partial charge on any atom is 0.340 e. The predicted molar refractivity (Wildman–Crippen MR) is 73.6 cm³/mol. The third-order valence-corrected chi connectivity index (χ3v) is 2.78. The van der Waals surface area contributed by atoms with E-state index in [4.69, 9.17) is 10.5 Å². The molecular weight excluding hydrogens is 282 g/mol. The van der Waals surface area contributed by atoms with Gasteiger partial charge in [0, 0.05) is 17.8 Å². The minimum absolute atomic E-state index is 0.0328. The molecule has 0 fully saturated rings. The number of hydrogen-bond acceptors (Lipinski definition) is 4. The second-order valence-corrected chi connectivity index (χ2v) is 4.69. The minimum Gasteiger partial charge on any atom is -0.452 e. The second-order valence-electron chi connectivity index (χ2n) is 4.69. The highest BCUT2D eigenvalue weighted by molar-refractivity contribution is 5.96. The summed E-state index contributed by atoms with van der Waals surface area (Å²) in [4.78, 5) is 23.2. The van der Waals surface area contributed by atoms with Crippen molar-refractivity contribution in [2.24, 2.45) is 0 Å². The third-order valence-electron chi connectivity index (χ3n) is 2.78. The Balaban J connectivity index is 2.58. The average Bonchev–Trinajstić information content (AvgIpc) is 2.40. The number of anilines is 1. The van der Waals surface area contributed by atoms with Crippen molar-refractivity contribution in [1.82, 2.24) is 5.32 Å². The van der Waals surface area contributed by atoms with Gasteiger partial charge in [-0.1, -0.05) is 13.3 Å². The quantitative estimate of drug-likeness (QED) is 0.622. The van der Waals surface area contributed by atoms with E-state index in [1.54, 1.807) is 0 Å². The number of amides is 1. The Morgan fingerprint density at radius 3 is 2.57 bits per heavy atom. The first kappa shape index (κ1) is 16.9. The number of nitrogens with one attached hydrogen (secondary N) is 1. The van der Waals surface area contributed by atoms with Crippen LogP contribution >= 0.6 is 0 Å². The van der Waals surface area contributed by atoms with E-state index < -0.39 is 30.1 Å². The molecule has 0 bridgehead atoms. The largest absolute Gasteiger partial charge is 0.452 e. The number of carbonyl (C=O) groups is 2. The molecule has 1 aromatic carbocycles. The summed E-state index contributed by atoms with van der Waals surface area (Å²) in [5.74, 6) is -3.82. The Bertz CT molecular complexity index is 535. The summed E-state index contributed by atoms with van der Waals surface area (Å²) in [6.07, 6.45) is 1.71. The van der Waals surface area contributed by atoms with Gasteiger partial charge in [-0.25, -0.2) is 13.6 Å². The van der Waals surface area contributed by atoms with E-state index in [0.29, 0.717) is 12.1 Å². The molecule has 0 heterocycles. The van der Waals surface area contributed by atoms with Crippen LogP contribution in [0.1, 0.15) is 37.0 Å². The number of benzene rings is 1. The van der Waals surface area contributed by atoms with Gasteiger partial charge < -0.3 is 15.8 Å². The zero-order chi connectivity index (χ0) is 16.0. The highest BCUT2D eigenvalue weighted by Gasteiger charge is 2.17. The Kier molecular flexibility index (Phi) is 6.08. The lowest BCUT2D eigenvalue weighted by Crippen LogP contribution is -2.35. The lowest BCUT2D eigenvalue weighted by atomic mass is 10.1. The van der Waals surface area contributed by atoms with E-state index in [1.807, 2.05) is 13.8 Å². The smallest absolute Gasteiger partial charge is 0.340 e. The Morgan fingerprint density at radius 1 is 1.33 bits per heavy atom. The molecular formula is C14H18F2N2O3. The molecule has 1 unspecified atom stereocenters. The summed E-state index contributed by atoms with van der Waals surface area (Å²) in [7, 11) is 0. The SMILES string of the molecule is CCCC(C)NC(=O)COC(=O)c1cc(F)c(F)cc1N. The van der Waals surface area contributed by atoms with Crippen molar-refractivity contribution in [3.05, 3.63) is 29.3 Å². The van der Waals surface area contributed by atoms with Crippen molar-refractivity contribution in [3.8, 4) is 0 Å². The highest BCUT2D eigenvalue weighted by Crippen LogP contribution is 2.17. The van der Waals surface area contributed by atoms with Crippen LogP contribution in [0.25, 0.3) is 0 Å². The van der Waals surface area contributed by atoms with Crippen molar-refractivity contribution < 1.29 is 23.1 Å². The average molecular weight is 300 g/mol. The van der Waals surface area contributed by atoms with Crippen LogP contribution < -0.4 is 11.1 Å². The van der Waals surface area contributed by atoms with Crippen molar-refractivity contribution in [2.75, 3.05) is 12.3 Å². The van der Waals surface area contributed by atoms with Gasteiger partial charge in [-0.05, 0) is 19.4 Å². The lowest BCUT2D eigenvalue weighted by molar-refractivity contribution is -0.124. The molecule has 0 aliphatic rings. The predicted octanol–water partition coefficient (Wildman–Crippen LogP) is 2.01. The van der Waals surface area contributed by atoms with Gasteiger partial charge >= 0.3 is 5.97 Å². The van der Waals surface area contributed by atoms with Gasteiger partial charge in [-0.2, -0.15) is 0 Å². The van der Waals surface area contributed by atoms with Gasteiger partial charge in [0.25, 0.3) is 5.91 Å². The molecule has 1 amide bonds. The monoisotopic (exact) mass is 300 g/mol. The maximum atomic E-state index is 13.1. The molecule has 0 aliphatic heterocycles. The van der Waals surface area contributed by atoms with E-state index in [0.717, 1.165) is 12.8 Å². The van der Waals surface area contributed by atoms with E-state index in [-0.39, 0.29) is 17.3 Å². The number of esters is 1. The molecule has 116 valence electrons. The molecule has 0 radical (unpaired) electrons.